The quantitative estimate of drug-likeness (QED) is 0.825. The van der Waals surface area contributed by atoms with Crippen molar-refractivity contribution in [1.29, 1.82) is 0 Å². The molecule has 1 aromatic heterocycles. The van der Waals surface area contributed by atoms with Gasteiger partial charge in [-0.25, -0.2) is 4.98 Å². The Balaban J connectivity index is 1.77. The third-order valence-electron chi connectivity index (χ3n) is 2.72. The molecule has 2 rings (SSSR count). The second-order valence-corrected chi connectivity index (χ2v) is 4.38. The maximum Gasteiger partial charge on any atom is 0.109 e. The third kappa shape index (κ3) is 3.32. The number of nitrogens with zero attached hydrogens (tertiary/aromatic N) is 2. The van der Waals surface area contributed by atoms with Gasteiger partial charge in [0, 0.05) is 44.0 Å². The summed E-state index contributed by atoms with van der Waals surface area (Å²) in [6.07, 6.45) is 4.71. The number of halogens is 1. The van der Waals surface area contributed by atoms with Crippen molar-refractivity contribution in [2.24, 2.45) is 7.05 Å². The molecule has 3 nitrogen and oxygen atoms in total. The van der Waals surface area contributed by atoms with Crippen molar-refractivity contribution in [1.82, 2.24) is 14.9 Å². The summed E-state index contributed by atoms with van der Waals surface area (Å²) in [5, 5.41) is 4.19. The van der Waals surface area contributed by atoms with E-state index in [-0.39, 0.29) is 0 Å². The second kappa shape index (κ2) is 5.84. The summed E-state index contributed by atoms with van der Waals surface area (Å²) in [4.78, 5) is 4.27. The van der Waals surface area contributed by atoms with Crippen LogP contribution >= 0.6 is 11.6 Å². The lowest BCUT2D eigenvalue weighted by molar-refractivity contribution is 0.655. The molecule has 0 bridgehead atoms. The Labute approximate surface area is 106 Å². The van der Waals surface area contributed by atoms with Gasteiger partial charge in [-0.2, -0.15) is 0 Å². The van der Waals surface area contributed by atoms with Gasteiger partial charge in [-0.3, -0.25) is 0 Å². The normalized spacial score (nSPS) is 10.7. The fourth-order valence-corrected chi connectivity index (χ4v) is 1.90. The predicted octanol–water partition coefficient (Wildman–Crippen LogP) is 2.41. The van der Waals surface area contributed by atoms with Crippen molar-refractivity contribution < 1.29 is 0 Å². The third-order valence-corrected chi connectivity index (χ3v) is 3.09. The standard InChI is InChI=1S/C13H16ClN3/c1-17-9-8-16-13(17)6-7-15-10-11-4-2-3-5-12(11)14/h2-5,8-9,15H,6-7,10H2,1H3. The molecule has 0 aliphatic rings. The predicted molar refractivity (Wildman–Crippen MR) is 70.1 cm³/mol. The minimum Gasteiger partial charge on any atom is -0.338 e. The smallest absolute Gasteiger partial charge is 0.109 e. The molecule has 0 atom stereocenters. The van der Waals surface area contributed by atoms with E-state index in [2.05, 4.69) is 10.3 Å². The summed E-state index contributed by atoms with van der Waals surface area (Å²) < 4.78 is 2.04. The topological polar surface area (TPSA) is 29.9 Å². The highest BCUT2D eigenvalue weighted by Crippen LogP contribution is 2.14. The summed E-state index contributed by atoms with van der Waals surface area (Å²) in [7, 11) is 2.01. The van der Waals surface area contributed by atoms with Crippen molar-refractivity contribution in [3.05, 3.63) is 53.1 Å². The van der Waals surface area contributed by atoms with Crippen LogP contribution in [-0.2, 0) is 20.0 Å². The molecule has 0 unspecified atom stereocenters. The molecule has 1 aromatic carbocycles. The van der Waals surface area contributed by atoms with E-state index in [0.29, 0.717) is 0 Å². The zero-order valence-corrected chi connectivity index (χ0v) is 10.6. The van der Waals surface area contributed by atoms with Crippen molar-refractivity contribution in [2.45, 2.75) is 13.0 Å². The van der Waals surface area contributed by atoms with Gasteiger partial charge in [0.25, 0.3) is 0 Å². The summed E-state index contributed by atoms with van der Waals surface area (Å²) in [6.45, 7) is 1.69. The van der Waals surface area contributed by atoms with Gasteiger partial charge in [-0.15, -0.1) is 0 Å². The summed E-state index contributed by atoms with van der Waals surface area (Å²) in [6, 6.07) is 7.90. The Morgan fingerprint density at radius 3 is 2.88 bits per heavy atom. The zero-order chi connectivity index (χ0) is 12.1. The van der Waals surface area contributed by atoms with Gasteiger partial charge in [-0.05, 0) is 11.6 Å². The number of nitrogens with one attached hydrogen (secondary N) is 1. The molecular formula is C13H16ClN3. The minimum absolute atomic E-state index is 0.796. The first-order valence-corrected chi connectivity index (χ1v) is 6.05. The minimum atomic E-state index is 0.796. The maximum atomic E-state index is 6.07. The van der Waals surface area contributed by atoms with Crippen molar-refractivity contribution >= 4 is 11.6 Å². The Morgan fingerprint density at radius 1 is 1.35 bits per heavy atom. The van der Waals surface area contributed by atoms with Gasteiger partial charge in [0.1, 0.15) is 5.82 Å². The molecule has 0 saturated heterocycles. The number of hydrogen-bond acceptors (Lipinski definition) is 2. The molecule has 0 radical (unpaired) electrons. The average molecular weight is 250 g/mol. The van der Waals surface area contributed by atoms with Crippen LogP contribution in [0.15, 0.2) is 36.7 Å². The van der Waals surface area contributed by atoms with E-state index in [4.69, 9.17) is 11.6 Å². The van der Waals surface area contributed by atoms with Crippen LogP contribution in [0.3, 0.4) is 0 Å². The van der Waals surface area contributed by atoms with Crippen LogP contribution in [0.25, 0.3) is 0 Å². The lowest BCUT2D eigenvalue weighted by atomic mass is 10.2. The Kier molecular flexibility index (Phi) is 4.18. The van der Waals surface area contributed by atoms with Gasteiger partial charge in [-0.1, -0.05) is 29.8 Å². The van der Waals surface area contributed by atoms with Gasteiger partial charge < -0.3 is 9.88 Å². The second-order valence-electron chi connectivity index (χ2n) is 3.97. The number of aromatic nitrogens is 2. The van der Waals surface area contributed by atoms with E-state index in [0.717, 1.165) is 35.9 Å². The number of aryl methyl sites for hydroxylation is 1. The summed E-state index contributed by atoms with van der Waals surface area (Å²) >= 11 is 6.07. The molecule has 0 spiro atoms. The van der Waals surface area contributed by atoms with Crippen molar-refractivity contribution in [2.75, 3.05) is 6.54 Å². The summed E-state index contributed by atoms with van der Waals surface area (Å²) in [5.41, 5.74) is 1.13. The average Bonchev–Trinajstić information content (AvgIpc) is 2.73. The van der Waals surface area contributed by atoms with Crippen LogP contribution in [0.1, 0.15) is 11.4 Å². The van der Waals surface area contributed by atoms with Crippen LogP contribution in [-0.4, -0.2) is 16.1 Å². The van der Waals surface area contributed by atoms with E-state index in [1.165, 1.54) is 0 Å². The van der Waals surface area contributed by atoms with Gasteiger partial charge in [0.05, 0.1) is 0 Å². The van der Waals surface area contributed by atoms with Gasteiger partial charge in [0.2, 0.25) is 0 Å². The van der Waals surface area contributed by atoms with Crippen molar-refractivity contribution in [3.8, 4) is 0 Å². The first-order chi connectivity index (χ1) is 8.27. The molecule has 0 aliphatic heterocycles. The lowest BCUT2D eigenvalue weighted by Crippen LogP contribution is -2.18. The van der Waals surface area contributed by atoms with Crippen LogP contribution in [0.2, 0.25) is 5.02 Å². The van der Waals surface area contributed by atoms with Gasteiger partial charge in [0.15, 0.2) is 0 Å². The summed E-state index contributed by atoms with van der Waals surface area (Å²) in [5.74, 6) is 1.09. The van der Waals surface area contributed by atoms with Crippen molar-refractivity contribution in [3.63, 3.8) is 0 Å². The fraction of sp³-hybridized carbons (Fsp3) is 0.308. The molecular weight excluding hydrogens is 234 g/mol. The molecule has 90 valence electrons. The number of hydrogen-bond donors (Lipinski definition) is 1. The van der Waals surface area contributed by atoms with Crippen LogP contribution in [0.5, 0.6) is 0 Å². The molecule has 0 fully saturated rings. The van der Waals surface area contributed by atoms with Gasteiger partial charge >= 0.3 is 0 Å². The van der Waals surface area contributed by atoms with E-state index in [9.17, 15) is 0 Å². The highest BCUT2D eigenvalue weighted by atomic mass is 35.5. The van der Waals surface area contributed by atoms with E-state index < -0.39 is 0 Å². The molecule has 4 heteroatoms. The maximum absolute atomic E-state index is 6.07. The molecule has 1 heterocycles. The van der Waals surface area contributed by atoms with Crippen LogP contribution < -0.4 is 5.32 Å². The first kappa shape index (κ1) is 12.1. The van der Waals surface area contributed by atoms with Crippen LogP contribution in [0, 0.1) is 0 Å². The SMILES string of the molecule is Cn1ccnc1CCNCc1ccccc1Cl. The molecule has 0 saturated carbocycles. The lowest BCUT2D eigenvalue weighted by Gasteiger charge is -2.06. The molecule has 0 aliphatic carbocycles. The Bertz CT molecular complexity index is 479. The van der Waals surface area contributed by atoms with E-state index in [1.807, 2.05) is 48.3 Å². The molecule has 0 amide bonds. The van der Waals surface area contributed by atoms with Crippen LogP contribution in [0.4, 0.5) is 0 Å². The molecule has 1 N–H and O–H groups in total. The largest absolute Gasteiger partial charge is 0.338 e. The number of rotatable bonds is 5. The first-order valence-electron chi connectivity index (χ1n) is 5.67. The van der Waals surface area contributed by atoms with E-state index >= 15 is 0 Å². The number of benzene rings is 1. The Morgan fingerprint density at radius 2 is 2.18 bits per heavy atom. The molecule has 2 aromatic rings. The monoisotopic (exact) mass is 249 g/mol. The number of imidazole rings is 1. The highest BCUT2D eigenvalue weighted by molar-refractivity contribution is 6.31. The fourth-order valence-electron chi connectivity index (χ4n) is 1.70. The zero-order valence-electron chi connectivity index (χ0n) is 9.86. The molecule has 17 heavy (non-hydrogen) atoms. The Hall–Kier alpha value is -1.32. The van der Waals surface area contributed by atoms with E-state index in [1.54, 1.807) is 0 Å². The highest BCUT2D eigenvalue weighted by Gasteiger charge is 2.00.